The Hall–Kier alpha value is -3.59. The van der Waals surface area contributed by atoms with E-state index in [2.05, 4.69) is 25.7 Å². The molecule has 33 heavy (non-hydrogen) atoms. The Morgan fingerprint density at radius 1 is 1.09 bits per heavy atom. The minimum absolute atomic E-state index is 0.0800. The molecule has 1 amide bonds. The van der Waals surface area contributed by atoms with Crippen LogP contribution in [0.3, 0.4) is 0 Å². The molecule has 1 N–H and O–H groups in total. The molecule has 0 saturated carbocycles. The Kier molecular flexibility index (Phi) is 5.87. The van der Waals surface area contributed by atoms with E-state index in [1.807, 2.05) is 18.2 Å². The summed E-state index contributed by atoms with van der Waals surface area (Å²) >= 11 is 6.16. The second kappa shape index (κ2) is 9.11. The second-order valence-electron chi connectivity index (χ2n) is 7.88. The van der Waals surface area contributed by atoms with Crippen LogP contribution in [0.1, 0.15) is 41.1 Å². The third kappa shape index (κ3) is 4.23. The van der Waals surface area contributed by atoms with Gasteiger partial charge in [-0.25, -0.2) is 4.63 Å². The zero-order chi connectivity index (χ0) is 22.8. The van der Waals surface area contributed by atoms with Crippen molar-refractivity contribution in [1.82, 2.24) is 15.5 Å². The Morgan fingerprint density at radius 3 is 2.70 bits per heavy atom. The standard InChI is InChI=1S/C23H22ClN5O4/c1-14-15(13-31-19-8-4-3-7-16(19)24)20(26-32-14)23(30)25-17-9-10-18(22-21(17)27-33-28-22)29-11-5-2-6-12-29/h3-4,7-10H,2,5-6,11-13H2,1H3,(H,25,30). The van der Waals surface area contributed by atoms with Crippen molar-refractivity contribution in [2.75, 3.05) is 23.3 Å². The lowest BCUT2D eigenvalue weighted by Crippen LogP contribution is -2.29. The van der Waals surface area contributed by atoms with Gasteiger partial charge in [0.15, 0.2) is 16.7 Å². The third-order valence-electron chi connectivity index (χ3n) is 5.75. The summed E-state index contributed by atoms with van der Waals surface area (Å²) in [5.41, 5.74) is 3.20. The fraction of sp³-hybridized carbons (Fsp3) is 0.304. The second-order valence-corrected chi connectivity index (χ2v) is 8.29. The minimum Gasteiger partial charge on any atom is -0.487 e. The Balaban J connectivity index is 1.37. The molecule has 0 atom stereocenters. The number of benzene rings is 2. The number of ether oxygens (including phenoxy) is 1. The zero-order valence-corrected chi connectivity index (χ0v) is 18.8. The summed E-state index contributed by atoms with van der Waals surface area (Å²) in [4.78, 5) is 15.3. The number of hydrogen-bond donors (Lipinski definition) is 1. The average Bonchev–Trinajstić information content (AvgIpc) is 3.47. The highest BCUT2D eigenvalue weighted by Gasteiger charge is 2.24. The summed E-state index contributed by atoms with van der Waals surface area (Å²) in [5, 5.41) is 15.4. The number of anilines is 2. The van der Waals surface area contributed by atoms with E-state index in [1.54, 1.807) is 25.1 Å². The normalized spacial score (nSPS) is 13.9. The van der Waals surface area contributed by atoms with Crippen molar-refractivity contribution in [2.45, 2.75) is 32.8 Å². The highest BCUT2D eigenvalue weighted by atomic mass is 35.5. The maximum Gasteiger partial charge on any atom is 0.278 e. The Labute approximate surface area is 194 Å². The number of rotatable bonds is 6. The van der Waals surface area contributed by atoms with Gasteiger partial charge >= 0.3 is 0 Å². The predicted molar refractivity (Wildman–Crippen MR) is 123 cm³/mol. The van der Waals surface area contributed by atoms with Gasteiger partial charge in [0.2, 0.25) is 0 Å². The number of carbonyl (C=O) groups is 1. The SMILES string of the molecule is Cc1onc(C(=O)Nc2ccc(N3CCCCC3)c3nonc23)c1COc1ccccc1Cl. The molecule has 4 aromatic rings. The van der Waals surface area contributed by atoms with Crippen molar-refractivity contribution in [3.05, 3.63) is 58.4 Å². The molecule has 170 valence electrons. The zero-order valence-electron chi connectivity index (χ0n) is 18.0. The number of amides is 1. The van der Waals surface area contributed by atoms with Crippen LogP contribution in [0.2, 0.25) is 5.02 Å². The molecule has 0 bridgehead atoms. The summed E-state index contributed by atoms with van der Waals surface area (Å²) in [6.45, 7) is 3.72. The summed E-state index contributed by atoms with van der Waals surface area (Å²) in [7, 11) is 0. The van der Waals surface area contributed by atoms with Gasteiger partial charge in [-0.15, -0.1) is 0 Å². The lowest BCUT2D eigenvalue weighted by atomic mass is 10.1. The van der Waals surface area contributed by atoms with Crippen LogP contribution in [0.25, 0.3) is 11.0 Å². The van der Waals surface area contributed by atoms with Crippen molar-refractivity contribution in [3.8, 4) is 5.75 Å². The van der Waals surface area contributed by atoms with Crippen LogP contribution < -0.4 is 15.0 Å². The third-order valence-corrected chi connectivity index (χ3v) is 6.06. The van der Waals surface area contributed by atoms with E-state index in [1.165, 1.54) is 6.42 Å². The van der Waals surface area contributed by atoms with Gasteiger partial charge in [0, 0.05) is 13.1 Å². The molecule has 1 aliphatic heterocycles. The first-order valence-electron chi connectivity index (χ1n) is 10.8. The number of aryl methyl sites for hydroxylation is 1. The Bertz CT molecular complexity index is 1300. The van der Waals surface area contributed by atoms with Gasteiger partial charge in [-0.05, 0) is 60.8 Å². The number of piperidine rings is 1. The number of hydrogen-bond acceptors (Lipinski definition) is 8. The number of aromatic nitrogens is 3. The quantitative estimate of drug-likeness (QED) is 0.422. The van der Waals surface area contributed by atoms with Gasteiger partial charge in [-0.2, -0.15) is 0 Å². The molecule has 9 nitrogen and oxygen atoms in total. The predicted octanol–water partition coefficient (Wildman–Crippen LogP) is 4.99. The van der Waals surface area contributed by atoms with Gasteiger partial charge < -0.3 is 19.5 Å². The largest absolute Gasteiger partial charge is 0.487 e. The molecule has 2 aromatic heterocycles. The van der Waals surface area contributed by atoms with Crippen molar-refractivity contribution < 1.29 is 18.7 Å². The minimum atomic E-state index is -0.445. The molecule has 1 fully saturated rings. The molecule has 0 radical (unpaired) electrons. The summed E-state index contributed by atoms with van der Waals surface area (Å²) < 4.78 is 16.1. The molecule has 1 aliphatic rings. The van der Waals surface area contributed by atoms with Crippen LogP contribution in [-0.2, 0) is 6.61 Å². The van der Waals surface area contributed by atoms with E-state index in [0.29, 0.717) is 38.8 Å². The molecule has 0 aliphatic carbocycles. The first kappa shape index (κ1) is 21.3. The van der Waals surface area contributed by atoms with Crippen LogP contribution in [0.4, 0.5) is 11.4 Å². The molecule has 0 unspecified atom stereocenters. The molecule has 3 heterocycles. The van der Waals surface area contributed by atoms with Gasteiger partial charge in [-0.1, -0.05) is 28.9 Å². The maximum atomic E-state index is 13.1. The Morgan fingerprint density at radius 2 is 1.88 bits per heavy atom. The number of carbonyl (C=O) groups excluding carboxylic acids is 1. The number of para-hydroxylation sites is 1. The fourth-order valence-electron chi connectivity index (χ4n) is 3.98. The van der Waals surface area contributed by atoms with Gasteiger partial charge in [-0.3, -0.25) is 4.79 Å². The van der Waals surface area contributed by atoms with Crippen LogP contribution in [0, 0.1) is 6.92 Å². The fourth-order valence-corrected chi connectivity index (χ4v) is 4.17. The number of nitrogens with one attached hydrogen (secondary N) is 1. The van der Waals surface area contributed by atoms with Crippen molar-refractivity contribution >= 4 is 39.9 Å². The lowest BCUT2D eigenvalue weighted by molar-refractivity contribution is 0.101. The van der Waals surface area contributed by atoms with E-state index < -0.39 is 5.91 Å². The lowest BCUT2D eigenvalue weighted by Gasteiger charge is -2.28. The average molecular weight is 468 g/mol. The van der Waals surface area contributed by atoms with Crippen molar-refractivity contribution in [1.29, 1.82) is 0 Å². The molecular weight excluding hydrogens is 446 g/mol. The monoisotopic (exact) mass is 467 g/mol. The number of fused-ring (bicyclic) bond motifs is 1. The molecular formula is C23H22ClN5O4. The van der Waals surface area contributed by atoms with E-state index in [9.17, 15) is 4.79 Å². The highest BCUT2D eigenvalue weighted by molar-refractivity contribution is 6.32. The van der Waals surface area contributed by atoms with E-state index >= 15 is 0 Å². The summed E-state index contributed by atoms with van der Waals surface area (Å²) in [5.74, 6) is 0.551. The van der Waals surface area contributed by atoms with Gasteiger partial charge in [0.25, 0.3) is 5.91 Å². The highest BCUT2D eigenvalue weighted by Crippen LogP contribution is 2.32. The maximum absolute atomic E-state index is 13.1. The molecule has 0 spiro atoms. The smallest absolute Gasteiger partial charge is 0.278 e. The van der Waals surface area contributed by atoms with E-state index in [-0.39, 0.29) is 12.3 Å². The van der Waals surface area contributed by atoms with Crippen LogP contribution in [0.5, 0.6) is 5.75 Å². The first-order valence-corrected chi connectivity index (χ1v) is 11.1. The van der Waals surface area contributed by atoms with Gasteiger partial charge in [0.1, 0.15) is 18.1 Å². The van der Waals surface area contributed by atoms with E-state index in [0.717, 1.165) is 31.6 Å². The van der Waals surface area contributed by atoms with Crippen LogP contribution in [-0.4, -0.2) is 34.5 Å². The molecule has 5 rings (SSSR count). The topological polar surface area (TPSA) is 107 Å². The molecule has 2 aromatic carbocycles. The summed E-state index contributed by atoms with van der Waals surface area (Å²) in [6.07, 6.45) is 3.50. The number of nitrogens with zero attached hydrogens (tertiary/aromatic N) is 4. The van der Waals surface area contributed by atoms with Gasteiger partial charge in [0.05, 0.1) is 22.0 Å². The molecule has 1 saturated heterocycles. The summed E-state index contributed by atoms with van der Waals surface area (Å²) in [6, 6.07) is 10.9. The van der Waals surface area contributed by atoms with Crippen LogP contribution >= 0.6 is 11.6 Å². The number of halogens is 1. The molecule has 10 heteroatoms. The van der Waals surface area contributed by atoms with Crippen LogP contribution in [0.15, 0.2) is 45.6 Å². The van der Waals surface area contributed by atoms with Crippen molar-refractivity contribution in [3.63, 3.8) is 0 Å². The first-order chi connectivity index (χ1) is 16.1. The van der Waals surface area contributed by atoms with E-state index in [4.69, 9.17) is 25.5 Å². The van der Waals surface area contributed by atoms with Crippen molar-refractivity contribution in [2.24, 2.45) is 0 Å².